The summed E-state index contributed by atoms with van der Waals surface area (Å²) < 4.78 is 5.36. The number of nitrogens with zero attached hydrogens (tertiary/aromatic N) is 4. The molecular weight excluding hydrogens is 460 g/mol. The van der Waals surface area contributed by atoms with Gasteiger partial charge in [-0.15, -0.1) is 0 Å². The SMILES string of the molecule is CC.COc1ccc(C(O)(c2ccc(C)cc2)c2ncccc2N2CCN(c3ccncc3)CC2)cc1. The zero-order valence-electron chi connectivity index (χ0n) is 22.1. The summed E-state index contributed by atoms with van der Waals surface area (Å²) in [4.78, 5) is 13.6. The van der Waals surface area contributed by atoms with Crippen LogP contribution >= 0.6 is 0 Å². The number of pyridine rings is 2. The third kappa shape index (κ3) is 5.44. The van der Waals surface area contributed by atoms with Crippen LogP contribution < -0.4 is 14.5 Å². The second-order valence-corrected chi connectivity index (χ2v) is 8.86. The first kappa shape index (κ1) is 26.2. The summed E-state index contributed by atoms with van der Waals surface area (Å²) in [6.45, 7) is 9.46. The number of hydrogen-bond donors (Lipinski definition) is 1. The Morgan fingerprint density at radius 1 is 0.757 bits per heavy atom. The van der Waals surface area contributed by atoms with Gasteiger partial charge >= 0.3 is 0 Å². The van der Waals surface area contributed by atoms with E-state index in [4.69, 9.17) is 9.72 Å². The number of benzene rings is 2. The van der Waals surface area contributed by atoms with Crippen molar-refractivity contribution >= 4 is 11.4 Å². The van der Waals surface area contributed by atoms with Crippen LogP contribution in [0.3, 0.4) is 0 Å². The van der Waals surface area contributed by atoms with Crippen LogP contribution in [-0.2, 0) is 5.60 Å². The molecule has 6 heteroatoms. The van der Waals surface area contributed by atoms with E-state index < -0.39 is 5.60 Å². The molecule has 4 aromatic rings. The average molecular weight is 497 g/mol. The van der Waals surface area contributed by atoms with Crippen molar-refractivity contribution in [2.45, 2.75) is 26.4 Å². The van der Waals surface area contributed by atoms with Crippen molar-refractivity contribution in [2.24, 2.45) is 0 Å². The lowest BCUT2D eigenvalue weighted by Gasteiger charge is -2.40. The summed E-state index contributed by atoms with van der Waals surface area (Å²) in [5, 5.41) is 12.5. The van der Waals surface area contributed by atoms with E-state index in [0.29, 0.717) is 5.69 Å². The van der Waals surface area contributed by atoms with E-state index in [1.807, 2.05) is 99.9 Å². The molecule has 37 heavy (non-hydrogen) atoms. The van der Waals surface area contributed by atoms with Crippen LogP contribution in [0.5, 0.6) is 5.75 Å². The fraction of sp³-hybridized carbons (Fsp3) is 0.290. The number of piperazine rings is 1. The molecule has 1 aliphatic rings. The Kier molecular flexibility index (Phi) is 8.41. The molecule has 1 unspecified atom stereocenters. The van der Waals surface area contributed by atoms with Crippen molar-refractivity contribution in [3.8, 4) is 5.75 Å². The van der Waals surface area contributed by atoms with Gasteiger partial charge in [0.15, 0.2) is 5.60 Å². The predicted octanol–water partition coefficient (Wildman–Crippen LogP) is 5.43. The minimum atomic E-state index is -1.42. The highest BCUT2D eigenvalue weighted by molar-refractivity contribution is 5.61. The molecule has 1 N–H and O–H groups in total. The van der Waals surface area contributed by atoms with Crippen LogP contribution in [0.2, 0.25) is 0 Å². The first-order chi connectivity index (χ1) is 18.1. The average Bonchev–Trinajstić information content (AvgIpc) is 2.99. The summed E-state index contributed by atoms with van der Waals surface area (Å²) in [6, 6.07) is 23.7. The van der Waals surface area contributed by atoms with Crippen molar-refractivity contribution in [3.63, 3.8) is 0 Å². The van der Waals surface area contributed by atoms with E-state index in [1.54, 1.807) is 13.3 Å². The summed E-state index contributed by atoms with van der Waals surface area (Å²) in [6.07, 6.45) is 5.42. The maximum atomic E-state index is 12.5. The smallest absolute Gasteiger partial charge is 0.159 e. The number of rotatable bonds is 6. The Labute approximate surface area is 220 Å². The molecule has 1 fully saturated rings. The first-order valence-corrected chi connectivity index (χ1v) is 12.9. The van der Waals surface area contributed by atoms with Gasteiger partial charge in [-0.25, -0.2) is 0 Å². The third-order valence-electron chi connectivity index (χ3n) is 6.75. The number of aliphatic hydroxyl groups is 1. The lowest BCUT2D eigenvalue weighted by molar-refractivity contribution is 0.121. The molecular formula is C31H36N4O2. The van der Waals surface area contributed by atoms with Crippen LogP contribution in [0, 0.1) is 6.92 Å². The maximum absolute atomic E-state index is 12.5. The fourth-order valence-electron chi connectivity index (χ4n) is 4.76. The quantitative estimate of drug-likeness (QED) is 0.384. The minimum Gasteiger partial charge on any atom is -0.497 e. The zero-order valence-corrected chi connectivity index (χ0v) is 22.1. The van der Waals surface area contributed by atoms with Gasteiger partial charge in [0.25, 0.3) is 0 Å². The van der Waals surface area contributed by atoms with Crippen LogP contribution in [0.1, 0.15) is 36.2 Å². The van der Waals surface area contributed by atoms with Crippen LogP contribution in [-0.4, -0.2) is 48.4 Å². The van der Waals surface area contributed by atoms with Crippen LogP contribution in [0.15, 0.2) is 91.4 Å². The van der Waals surface area contributed by atoms with Gasteiger partial charge in [0.1, 0.15) is 11.4 Å². The van der Waals surface area contributed by atoms with Crippen molar-refractivity contribution < 1.29 is 9.84 Å². The van der Waals surface area contributed by atoms with Crippen molar-refractivity contribution in [3.05, 3.63) is 114 Å². The van der Waals surface area contributed by atoms with Gasteiger partial charge in [-0.1, -0.05) is 55.8 Å². The zero-order chi connectivity index (χ0) is 26.3. The standard InChI is InChI=1S/C29H30N4O2.C2H6/c1-22-5-7-23(8-6-22)29(34,24-9-11-26(35-2)12-10-24)28-27(4-3-15-31-28)33-20-18-32(19-21-33)25-13-16-30-17-14-25;1-2/h3-17,34H,18-21H2,1-2H3;1-2H3. The molecule has 0 saturated carbocycles. The van der Waals surface area contributed by atoms with Crippen LogP contribution in [0.25, 0.3) is 0 Å². The Morgan fingerprint density at radius 3 is 1.92 bits per heavy atom. The number of methoxy groups -OCH3 is 1. The van der Waals surface area contributed by atoms with E-state index in [9.17, 15) is 5.11 Å². The lowest BCUT2D eigenvalue weighted by atomic mass is 9.82. The van der Waals surface area contributed by atoms with Crippen LogP contribution in [0.4, 0.5) is 11.4 Å². The Bertz CT molecular complexity index is 1250. The summed E-state index contributed by atoms with van der Waals surface area (Å²) >= 11 is 0. The number of hydrogen-bond acceptors (Lipinski definition) is 6. The third-order valence-corrected chi connectivity index (χ3v) is 6.75. The van der Waals surface area contributed by atoms with E-state index >= 15 is 0 Å². The Morgan fingerprint density at radius 2 is 1.32 bits per heavy atom. The Balaban J connectivity index is 0.00000156. The minimum absolute atomic E-state index is 0.631. The molecule has 1 atom stereocenters. The molecule has 1 aliphatic heterocycles. The highest BCUT2D eigenvalue weighted by atomic mass is 16.5. The largest absolute Gasteiger partial charge is 0.497 e. The second-order valence-electron chi connectivity index (χ2n) is 8.86. The second kappa shape index (κ2) is 11.9. The number of anilines is 2. The monoisotopic (exact) mass is 496 g/mol. The molecule has 0 bridgehead atoms. The number of aromatic nitrogens is 2. The first-order valence-electron chi connectivity index (χ1n) is 12.9. The topological polar surface area (TPSA) is 61.7 Å². The van der Waals surface area contributed by atoms with E-state index in [-0.39, 0.29) is 0 Å². The van der Waals surface area contributed by atoms with Crippen molar-refractivity contribution in [1.82, 2.24) is 9.97 Å². The maximum Gasteiger partial charge on any atom is 0.159 e. The van der Waals surface area contributed by atoms with E-state index in [0.717, 1.165) is 54.3 Å². The van der Waals surface area contributed by atoms with Gasteiger partial charge in [-0.05, 0) is 54.4 Å². The van der Waals surface area contributed by atoms with Gasteiger partial charge in [0.2, 0.25) is 0 Å². The molecule has 192 valence electrons. The Hall–Kier alpha value is -3.90. The molecule has 3 heterocycles. The van der Waals surface area contributed by atoms with Gasteiger partial charge in [0, 0.05) is 50.5 Å². The number of aryl methyl sites for hydroxylation is 1. The molecule has 1 saturated heterocycles. The van der Waals surface area contributed by atoms with Gasteiger partial charge in [-0.3, -0.25) is 9.97 Å². The van der Waals surface area contributed by atoms with Gasteiger partial charge in [0.05, 0.1) is 12.8 Å². The molecule has 0 spiro atoms. The molecule has 6 nitrogen and oxygen atoms in total. The molecule has 0 aliphatic carbocycles. The van der Waals surface area contributed by atoms with Gasteiger partial charge in [-0.2, -0.15) is 0 Å². The molecule has 2 aromatic carbocycles. The number of ether oxygens (including phenoxy) is 1. The van der Waals surface area contributed by atoms with Crippen molar-refractivity contribution in [2.75, 3.05) is 43.1 Å². The van der Waals surface area contributed by atoms with E-state index in [1.165, 1.54) is 5.69 Å². The summed E-state index contributed by atoms with van der Waals surface area (Å²) in [7, 11) is 1.64. The highest BCUT2D eigenvalue weighted by Gasteiger charge is 2.39. The molecule has 0 radical (unpaired) electrons. The van der Waals surface area contributed by atoms with Gasteiger partial charge < -0.3 is 19.6 Å². The molecule has 5 rings (SSSR count). The molecule has 0 amide bonds. The lowest BCUT2D eigenvalue weighted by Crippen LogP contribution is -2.47. The molecule has 2 aromatic heterocycles. The summed E-state index contributed by atoms with van der Waals surface area (Å²) in [5.41, 5.74) is 4.01. The van der Waals surface area contributed by atoms with Crippen molar-refractivity contribution in [1.29, 1.82) is 0 Å². The summed E-state index contributed by atoms with van der Waals surface area (Å²) in [5.74, 6) is 0.744. The van der Waals surface area contributed by atoms with E-state index in [2.05, 4.69) is 20.9 Å². The fourth-order valence-corrected chi connectivity index (χ4v) is 4.76. The normalized spacial score (nSPS) is 14.8. The highest BCUT2D eigenvalue weighted by Crippen LogP contribution is 2.41. The predicted molar refractivity (Wildman–Crippen MR) is 151 cm³/mol.